The number of methoxy groups -OCH3 is 1. The summed E-state index contributed by atoms with van der Waals surface area (Å²) in [5.41, 5.74) is 0.820. The normalized spacial score (nSPS) is 11.6. The van der Waals surface area contributed by atoms with Gasteiger partial charge in [-0.3, -0.25) is 5.10 Å². The summed E-state index contributed by atoms with van der Waals surface area (Å²) in [6.07, 6.45) is -4.26. The molecule has 1 aromatic carbocycles. The molecular formula is C11H10F3N3O. The summed E-state index contributed by atoms with van der Waals surface area (Å²) in [5.74, 6) is -0.286. The quantitative estimate of drug-likeness (QED) is 0.918. The highest BCUT2D eigenvalue weighted by Crippen LogP contribution is 2.25. The molecule has 1 aromatic heterocycles. The molecule has 0 amide bonds. The Morgan fingerprint density at radius 2 is 1.89 bits per heavy atom. The van der Waals surface area contributed by atoms with Crippen LogP contribution >= 0.6 is 0 Å². The van der Waals surface area contributed by atoms with E-state index >= 15 is 0 Å². The van der Waals surface area contributed by atoms with E-state index in [1.54, 1.807) is 31.4 Å². The number of nitrogens with one attached hydrogen (secondary N) is 1. The molecule has 0 fully saturated rings. The minimum absolute atomic E-state index is 0.174. The van der Waals surface area contributed by atoms with Crippen molar-refractivity contribution in [2.24, 2.45) is 0 Å². The SMILES string of the molecule is COc1ccc(Cc2nc(C(F)(F)F)n[nH]2)cc1. The molecule has 0 spiro atoms. The van der Waals surface area contributed by atoms with Gasteiger partial charge in [-0.25, -0.2) is 4.98 Å². The average molecular weight is 257 g/mol. The van der Waals surface area contributed by atoms with Crippen LogP contribution in [-0.2, 0) is 12.6 Å². The average Bonchev–Trinajstić information content (AvgIpc) is 2.78. The second-order valence-corrected chi connectivity index (χ2v) is 3.63. The van der Waals surface area contributed by atoms with Gasteiger partial charge in [0.15, 0.2) is 0 Å². The van der Waals surface area contributed by atoms with Crippen molar-refractivity contribution in [1.82, 2.24) is 15.2 Å². The summed E-state index contributed by atoms with van der Waals surface area (Å²) < 4.78 is 41.8. The zero-order valence-electron chi connectivity index (χ0n) is 9.45. The van der Waals surface area contributed by atoms with Gasteiger partial charge in [0.05, 0.1) is 7.11 Å². The standard InChI is InChI=1S/C11H10F3N3O/c1-18-8-4-2-7(3-5-8)6-9-15-10(17-16-9)11(12,13)14/h2-5H,6H2,1H3,(H,15,16,17). The predicted molar refractivity (Wildman–Crippen MR) is 57.2 cm³/mol. The largest absolute Gasteiger partial charge is 0.497 e. The molecule has 1 heterocycles. The number of benzene rings is 1. The van der Waals surface area contributed by atoms with Crippen LogP contribution in [0.2, 0.25) is 0 Å². The summed E-state index contributed by atoms with van der Waals surface area (Å²) in [6.45, 7) is 0. The minimum Gasteiger partial charge on any atom is -0.497 e. The topological polar surface area (TPSA) is 50.8 Å². The number of hydrogen-bond acceptors (Lipinski definition) is 3. The number of H-pyrrole nitrogens is 1. The number of nitrogens with zero attached hydrogens (tertiary/aromatic N) is 2. The molecule has 0 radical (unpaired) electrons. The van der Waals surface area contributed by atoms with Crippen molar-refractivity contribution in [3.63, 3.8) is 0 Å². The molecule has 2 rings (SSSR count). The van der Waals surface area contributed by atoms with Crippen molar-refractivity contribution in [3.05, 3.63) is 41.5 Å². The van der Waals surface area contributed by atoms with E-state index in [9.17, 15) is 13.2 Å². The second kappa shape index (κ2) is 4.67. The van der Waals surface area contributed by atoms with Crippen LogP contribution in [0.25, 0.3) is 0 Å². The highest BCUT2D eigenvalue weighted by Gasteiger charge is 2.35. The number of halogens is 3. The molecule has 7 heteroatoms. The Labute approximate surface area is 101 Å². The molecule has 0 aliphatic rings. The molecule has 0 atom stereocenters. The van der Waals surface area contributed by atoms with Crippen LogP contribution < -0.4 is 4.74 Å². The van der Waals surface area contributed by atoms with Crippen LogP contribution in [0, 0.1) is 0 Å². The van der Waals surface area contributed by atoms with Gasteiger partial charge in [-0.05, 0) is 17.7 Å². The van der Waals surface area contributed by atoms with Gasteiger partial charge in [0, 0.05) is 6.42 Å². The Bertz CT molecular complexity index is 519. The first-order chi connectivity index (χ1) is 8.49. The minimum atomic E-state index is -4.52. The van der Waals surface area contributed by atoms with E-state index in [1.807, 2.05) is 0 Å². The van der Waals surface area contributed by atoms with Gasteiger partial charge < -0.3 is 4.74 Å². The Morgan fingerprint density at radius 1 is 1.22 bits per heavy atom. The monoisotopic (exact) mass is 257 g/mol. The summed E-state index contributed by atoms with van der Waals surface area (Å²) in [7, 11) is 1.54. The number of ether oxygens (including phenoxy) is 1. The Hall–Kier alpha value is -2.05. The fourth-order valence-electron chi connectivity index (χ4n) is 1.44. The van der Waals surface area contributed by atoms with Gasteiger partial charge in [0.25, 0.3) is 5.82 Å². The lowest BCUT2D eigenvalue weighted by molar-refractivity contribution is -0.144. The van der Waals surface area contributed by atoms with Crippen LogP contribution in [0.15, 0.2) is 24.3 Å². The summed E-state index contributed by atoms with van der Waals surface area (Å²) in [6, 6.07) is 6.98. The van der Waals surface area contributed by atoms with Gasteiger partial charge in [0.1, 0.15) is 11.6 Å². The molecule has 96 valence electrons. The van der Waals surface area contributed by atoms with Crippen LogP contribution in [-0.4, -0.2) is 22.3 Å². The smallest absolute Gasteiger partial charge is 0.453 e. The Kier molecular flexibility index (Phi) is 3.22. The van der Waals surface area contributed by atoms with Crippen LogP contribution in [0.5, 0.6) is 5.75 Å². The van der Waals surface area contributed by atoms with E-state index in [0.717, 1.165) is 5.56 Å². The number of aromatic nitrogens is 3. The van der Waals surface area contributed by atoms with Gasteiger partial charge in [-0.2, -0.15) is 13.2 Å². The van der Waals surface area contributed by atoms with Crippen LogP contribution in [0.4, 0.5) is 13.2 Å². The van der Waals surface area contributed by atoms with Crippen LogP contribution in [0.1, 0.15) is 17.2 Å². The fraction of sp³-hybridized carbons (Fsp3) is 0.273. The first-order valence-electron chi connectivity index (χ1n) is 5.10. The number of rotatable bonds is 3. The molecular weight excluding hydrogens is 247 g/mol. The van der Waals surface area contributed by atoms with Gasteiger partial charge in [0.2, 0.25) is 0 Å². The maximum absolute atomic E-state index is 12.3. The first kappa shape index (κ1) is 12.4. The van der Waals surface area contributed by atoms with Crippen molar-refractivity contribution in [1.29, 1.82) is 0 Å². The predicted octanol–water partition coefficient (Wildman–Crippen LogP) is 2.42. The highest BCUT2D eigenvalue weighted by molar-refractivity contribution is 5.28. The molecule has 0 aliphatic carbocycles. The molecule has 0 bridgehead atoms. The molecule has 0 unspecified atom stereocenters. The van der Waals surface area contributed by atoms with E-state index in [0.29, 0.717) is 5.75 Å². The molecule has 0 saturated carbocycles. The molecule has 4 nitrogen and oxygen atoms in total. The van der Waals surface area contributed by atoms with Gasteiger partial charge in [-0.15, -0.1) is 5.10 Å². The lowest BCUT2D eigenvalue weighted by Crippen LogP contribution is -2.07. The maximum Gasteiger partial charge on any atom is 0.453 e. The summed E-state index contributed by atoms with van der Waals surface area (Å²) in [5, 5.41) is 5.41. The molecule has 0 saturated heterocycles. The van der Waals surface area contributed by atoms with Crippen molar-refractivity contribution in [3.8, 4) is 5.75 Å². The lowest BCUT2D eigenvalue weighted by atomic mass is 10.1. The van der Waals surface area contributed by atoms with Gasteiger partial charge in [-0.1, -0.05) is 12.1 Å². The third kappa shape index (κ3) is 2.79. The second-order valence-electron chi connectivity index (χ2n) is 3.63. The fourth-order valence-corrected chi connectivity index (χ4v) is 1.44. The molecule has 0 aliphatic heterocycles. The summed E-state index contributed by atoms with van der Waals surface area (Å²) in [4.78, 5) is 3.40. The zero-order valence-corrected chi connectivity index (χ0v) is 9.45. The molecule has 1 N–H and O–H groups in total. The third-order valence-electron chi connectivity index (χ3n) is 2.32. The summed E-state index contributed by atoms with van der Waals surface area (Å²) >= 11 is 0. The Morgan fingerprint density at radius 3 is 2.39 bits per heavy atom. The van der Waals surface area contributed by atoms with E-state index in [1.165, 1.54) is 0 Å². The van der Waals surface area contributed by atoms with Crippen molar-refractivity contribution in [2.45, 2.75) is 12.6 Å². The van der Waals surface area contributed by atoms with Gasteiger partial charge >= 0.3 is 6.18 Å². The molecule has 18 heavy (non-hydrogen) atoms. The van der Waals surface area contributed by atoms with E-state index in [4.69, 9.17) is 4.74 Å². The third-order valence-corrected chi connectivity index (χ3v) is 2.32. The number of aromatic amines is 1. The Balaban J connectivity index is 2.11. The number of alkyl halides is 3. The van der Waals surface area contributed by atoms with Crippen LogP contribution in [0.3, 0.4) is 0 Å². The lowest BCUT2D eigenvalue weighted by Gasteiger charge is -2.01. The molecule has 2 aromatic rings. The zero-order chi connectivity index (χ0) is 13.2. The first-order valence-corrected chi connectivity index (χ1v) is 5.10. The van der Waals surface area contributed by atoms with E-state index < -0.39 is 12.0 Å². The van der Waals surface area contributed by atoms with E-state index in [2.05, 4.69) is 15.2 Å². The number of hydrogen-bond donors (Lipinski definition) is 1. The maximum atomic E-state index is 12.3. The van der Waals surface area contributed by atoms with Crippen molar-refractivity contribution >= 4 is 0 Å². The highest BCUT2D eigenvalue weighted by atomic mass is 19.4. The van der Waals surface area contributed by atoms with E-state index in [-0.39, 0.29) is 12.2 Å². The van der Waals surface area contributed by atoms with Crippen molar-refractivity contribution in [2.75, 3.05) is 7.11 Å². The van der Waals surface area contributed by atoms with Crippen molar-refractivity contribution < 1.29 is 17.9 Å².